The van der Waals surface area contributed by atoms with Gasteiger partial charge in [0.1, 0.15) is 0 Å². The van der Waals surface area contributed by atoms with Crippen LogP contribution in [0.3, 0.4) is 0 Å². The van der Waals surface area contributed by atoms with Gasteiger partial charge in [-0.15, -0.1) is 0 Å². The minimum atomic E-state index is -0.276. The van der Waals surface area contributed by atoms with Crippen LogP contribution in [-0.2, 0) is 0 Å². The molecule has 4 rings (SSSR count). The van der Waals surface area contributed by atoms with Gasteiger partial charge in [0.25, 0.3) is 0 Å². The van der Waals surface area contributed by atoms with E-state index in [1.165, 1.54) is 6.39 Å². The van der Waals surface area contributed by atoms with Crippen molar-refractivity contribution in [2.75, 3.05) is 10.6 Å². The molecule has 2 N–H and O–H groups in total. The van der Waals surface area contributed by atoms with Crippen LogP contribution in [0.25, 0.3) is 22.5 Å². The molecule has 138 valence electrons. The van der Waals surface area contributed by atoms with E-state index in [-0.39, 0.29) is 6.03 Å². The first-order valence-electron chi connectivity index (χ1n) is 8.92. The second kappa shape index (κ2) is 7.80. The predicted octanol–water partition coefficient (Wildman–Crippen LogP) is 5.96. The summed E-state index contributed by atoms with van der Waals surface area (Å²) in [7, 11) is 0. The highest BCUT2D eigenvalue weighted by Gasteiger charge is 2.08. The molecule has 3 aromatic carbocycles. The van der Waals surface area contributed by atoms with Gasteiger partial charge in [-0.25, -0.2) is 9.78 Å². The van der Waals surface area contributed by atoms with Crippen LogP contribution >= 0.6 is 0 Å². The van der Waals surface area contributed by atoms with Crippen molar-refractivity contribution in [3.05, 3.63) is 91.0 Å². The zero-order chi connectivity index (χ0) is 19.3. The molecule has 0 atom stereocenters. The predicted molar refractivity (Wildman–Crippen MR) is 111 cm³/mol. The Balaban J connectivity index is 1.50. The van der Waals surface area contributed by atoms with Crippen LogP contribution in [0.2, 0.25) is 0 Å². The Morgan fingerprint density at radius 1 is 0.857 bits per heavy atom. The summed E-state index contributed by atoms with van der Waals surface area (Å²) in [5, 5.41) is 5.65. The number of aromatic nitrogens is 1. The number of urea groups is 1. The summed E-state index contributed by atoms with van der Waals surface area (Å²) in [5.74, 6) is 0.733. The summed E-state index contributed by atoms with van der Waals surface area (Å²) in [4.78, 5) is 16.1. The summed E-state index contributed by atoms with van der Waals surface area (Å²) in [6.45, 7) is 2.07. The van der Waals surface area contributed by atoms with Gasteiger partial charge in [-0.3, -0.25) is 0 Å². The van der Waals surface area contributed by atoms with Gasteiger partial charge in [-0.2, -0.15) is 0 Å². The van der Waals surface area contributed by atoms with E-state index in [1.807, 2.05) is 60.7 Å². The molecule has 0 aliphatic carbocycles. The first-order valence-corrected chi connectivity index (χ1v) is 8.92. The monoisotopic (exact) mass is 369 g/mol. The maximum Gasteiger partial charge on any atom is 0.323 e. The molecule has 0 bridgehead atoms. The van der Waals surface area contributed by atoms with Crippen molar-refractivity contribution in [3.8, 4) is 22.5 Å². The molecule has 0 aliphatic heterocycles. The average molecular weight is 369 g/mol. The number of hydrogen-bond acceptors (Lipinski definition) is 3. The highest BCUT2D eigenvalue weighted by atomic mass is 16.3. The van der Waals surface area contributed by atoms with Crippen LogP contribution in [-0.4, -0.2) is 11.0 Å². The number of para-hydroxylation sites is 1. The second-order valence-corrected chi connectivity index (χ2v) is 6.42. The summed E-state index contributed by atoms with van der Waals surface area (Å²) in [6.07, 6.45) is 3.13. The van der Waals surface area contributed by atoms with Gasteiger partial charge >= 0.3 is 6.03 Å². The molecular weight excluding hydrogens is 350 g/mol. The third kappa shape index (κ3) is 3.94. The molecule has 0 unspecified atom stereocenters. The average Bonchev–Trinajstić information content (AvgIpc) is 3.25. The lowest BCUT2D eigenvalue weighted by Gasteiger charge is -2.11. The van der Waals surface area contributed by atoms with Crippen molar-refractivity contribution in [1.29, 1.82) is 0 Å². The summed E-state index contributed by atoms with van der Waals surface area (Å²) < 4.78 is 5.40. The fraction of sp³-hybridized carbons (Fsp3) is 0.0435. The fourth-order valence-corrected chi connectivity index (χ4v) is 2.99. The molecular formula is C23H19N3O2. The van der Waals surface area contributed by atoms with Gasteiger partial charge in [0.05, 0.1) is 6.20 Å². The highest BCUT2D eigenvalue weighted by Crippen LogP contribution is 2.30. The Morgan fingerprint density at radius 3 is 2.21 bits per heavy atom. The number of carbonyl (C=O) groups excluding carboxylic acids is 1. The molecule has 0 aliphatic rings. The maximum atomic E-state index is 12.1. The van der Waals surface area contributed by atoms with E-state index in [0.29, 0.717) is 0 Å². The molecule has 0 radical (unpaired) electrons. The van der Waals surface area contributed by atoms with E-state index in [0.717, 1.165) is 39.4 Å². The Hall–Kier alpha value is -3.86. The van der Waals surface area contributed by atoms with Crippen LogP contribution in [0.15, 0.2) is 89.8 Å². The number of hydrogen-bond donors (Lipinski definition) is 2. The zero-order valence-corrected chi connectivity index (χ0v) is 15.3. The Kier molecular flexibility index (Phi) is 4.89. The van der Waals surface area contributed by atoms with Gasteiger partial charge < -0.3 is 15.1 Å². The highest BCUT2D eigenvalue weighted by molar-refractivity contribution is 5.99. The minimum Gasteiger partial charge on any atom is -0.444 e. The largest absolute Gasteiger partial charge is 0.444 e. The lowest BCUT2D eigenvalue weighted by molar-refractivity contribution is 0.262. The Labute approximate surface area is 163 Å². The number of nitrogens with one attached hydrogen (secondary N) is 2. The third-order valence-corrected chi connectivity index (χ3v) is 4.44. The van der Waals surface area contributed by atoms with Gasteiger partial charge in [0.15, 0.2) is 12.2 Å². The van der Waals surface area contributed by atoms with E-state index >= 15 is 0 Å². The van der Waals surface area contributed by atoms with Crippen molar-refractivity contribution < 1.29 is 9.21 Å². The summed E-state index contributed by atoms with van der Waals surface area (Å²) in [5.41, 5.74) is 5.77. The molecule has 2 amide bonds. The topological polar surface area (TPSA) is 67.2 Å². The molecule has 5 heteroatoms. The van der Waals surface area contributed by atoms with Crippen LogP contribution < -0.4 is 10.6 Å². The molecule has 0 saturated heterocycles. The fourth-order valence-electron chi connectivity index (χ4n) is 2.99. The van der Waals surface area contributed by atoms with E-state index in [2.05, 4.69) is 34.7 Å². The second-order valence-electron chi connectivity index (χ2n) is 6.42. The first-order chi connectivity index (χ1) is 13.7. The van der Waals surface area contributed by atoms with E-state index in [4.69, 9.17) is 4.42 Å². The number of aryl methyl sites for hydroxylation is 1. The van der Waals surface area contributed by atoms with E-state index in [9.17, 15) is 4.79 Å². The number of oxazole rings is 1. The van der Waals surface area contributed by atoms with Crippen molar-refractivity contribution in [2.45, 2.75) is 6.92 Å². The molecule has 5 nitrogen and oxygen atoms in total. The smallest absolute Gasteiger partial charge is 0.323 e. The molecule has 28 heavy (non-hydrogen) atoms. The number of amides is 2. The summed E-state index contributed by atoms with van der Waals surface area (Å²) in [6, 6.07) is 23.0. The Bertz CT molecular complexity index is 1070. The normalized spacial score (nSPS) is 10.5. The molecule has 0 saturated carbocycles. The van der Waals surface area contributed by atoms with Crippen LogP contribution in [0.1, 0.15) is 5.56 Å². The molecule has 1 aromatic heterocycles. The van der Waals surface area contributed by atoms with Crippen molar-refractivity contribution in [1.82, 2.24) is 4.98 Å². The maximum absolute atomic E-state index is 12.1. The third-order valence-electron chi connectivity index (χ3n) is 4.44. The van der Waals surface area contributed by atoms with Crippen LogP contribution in [0, 0.1) is 6.92 Å². The van der Waals surface area contributed by atoms with Gasteiger partial charge in [0, 0.05) is 16.9 Å². The number of carbonyl (C=O) groups is 1. The van der Waals surface area contributed by atoms with Crippen molar-refractivity contribution >= 4 is 17.4 Å². The quantitative estimate of drug-likeness (QED) is 0.466. The minimum absolute atomic E-state index is 0.276. The van der Waals surface area contributed by atoms with E-state index in [1.54, 1.807) is 6.20 Å². The number of nitrogens with zero attached hydrogens (tertiary/aromatic N) is 1. The number of benzene rings is 3. The molecule has 1 heterocycles. The zero-order valence-electron chi connectivity index (χ0n) is 15.3. The summed E-state index contributed by atoms with van der Waals surface area (Å²) >= 11 is 0. The number of rotatable bonds is 4. The first kappa shape index (κ1) is 17.5. The standard InChI is InChI=1S/C23H19N3O2/c1-16-7-8-18(22-14-24-15-28-22)13-21(16)17-9-11-20(12-10-17)26-23(27)25-19-5-3-2-4-6-19/h2-15H,1H3,(H2,25,26,27). The number of anilines is 2. The molecule has 0 fully saturated rings. The van der Waals surface area contributed by atoms with Crippen molar-refractivity contribution in [3.63, 3.8) is 0 Å². The SMILES string of the molecule is Cc1ccc(-c2cnco2)cc1-c1ccc(NC(=O)Nc2ccccc2)cc1. The van der Waals surface area contributed by atoms with Gasteiger partial charge in [0.2, 0.25) is 0 Å². The Morgan fingerprint density at radius 2 is 1.54 bits per heavy atom. The molecule has 4 aromatic rings. The molecule has 0 spiro atoms. The lowest BCUT2D eigenvalue weighted by Crippen LogP contribution is -2.19. The van der Waals surface area contributed by atoms with Crippen molar-refractivity contribution in [2.24, 2.45) is 0 Å². The van der Waals surface area contributed by atoms with Gasteiger partial charge in [-0.1, -0.05) is 42.5 Å². The lowest BCUT2D eigenvalue weighted by atomic mass is 9.97. The van der Waals surface area contributed by atoms with Crippen LogP contribution in [0.4, 0.5) is 16.2 Å². The van der Waals surface area contributed by atoms with Gasteiger partial charge in [-0.05, 0) is 53.9 Å². The van der Waals surface area contributed by atoms with E-state index < -0.39 is 0 Å². The van der Waals surface area contributed by atoms with Crippen LogP contribution in [0.5, 0.6) is 0 Å².